The maximum atomic E-state index is 9.70. The zero-order valence-electron chi connectivity index (χ0n) is 6.56. The minimum absolute atomic E-state index is 0.00463. The van der Waals surface area contributed by atoms with Crippen molar-refractivity contribution in [1.82, 2.24) is 5.32 Å². The quantitative estimate of drug-likeness (QED) is 0.491. The summed E-state index contributed by atoms with van der Waals surface area (Å²) in [6.45, 7) is 5.36. The van der Waals surface area contributed by atoms with E-state index in [0.29, 0.717) is 6.04 Å². The van der Waals surface area contributed by atoms with E-state index in [2.05, 4.69) is 5.32 Å². The lowest BCUT2D eigenvalue weighted by Crippen LogP contribution is -2.11. The van der Waals surface area contributed by atoms with Crippen LogP contribution in [0.4, 0.5) is 0 Å². The molecule has 0 fully saturated rings. The molecule has 0 saturated carbocycles. The molecule has 0 heterocycles. The fourth-order valence-corrected chi connectivity index (χ4v) is 0. The van der Waals surface area contributed by atoms with Gasteiger partial charge in [-0.15, -0.1) is 0 Å². The van der Waals surface area contributed by atoms with E-state index in [4.69, 9.17) is 5.73 Å². The van der Waals surface area contributed by atoms with E-state index in [1.54, 1.807) is 7.05 Å². The van der Waals surface area contributed by atoms with Crippen molar-refractivity contribution in [1.29, 1.82) is 0 Å². The Morgan fingerprint density at radius 3 is 1.67 bits per heavy atom. The first-order chi connectivity index (χ1) is 4.00. The Bertz CT molecular complexity index is 68.7. The van der Waals surface area contributed by atoms with E-state index < -0.39 is 0 Å². The minimum Gasteiger partial charge on any atom is -0.359 e. The largest absolute Gasteiger partial charge is 0.359 e. The van der Waals surface area contributed by atoms with Gasteiger partial charge in [-0.2, -0.15) is 0 Å². The molecular formula is C6H16N2O. The monoisotopic (exact) mass is 132 g/mol. The molecule has 0 aliphatic heterocycles. The molecule has 0 radical (unpaired) electrons. The summed E-state index contributed by atoms with van der Waals surface area (Å²) in [5.41, 5.74) is 5.11. The highest BCUT2D eigenvalue weighted by atomic mass is 16.1. The molecule has 3 heteroatoms. The molecule has 0 aromatic carbocycles. The van der Waals surface area contributed by atoms with Gasteiger partial charge in [0.25, 0.3) is 0 Å². The van der Waals surface area contributed by atoms with Crippen LogP contribution in [0.3, 0.4) is 0 Å². The number of carbonyl (C=O) groups excluding carboxylic acids is 1. The lowest BCUT2D eigenvalue weighted by Gasteiger charge is -1.81. The summed E-state index contributed by atoms with van der Waals surface area (Å²) in [6, 6.07) is 0.333. The van der Waals surface area contributed by atoms with Crippen LogP contribution in [0.25, 0.3) is 0 Å². The summed E-state index contributed by atoms with van der Waals surface area (Å²) in [4.78, 5) is 9.70. The summed E-state index contributed by atoms with van der Waals surface area (Å²) in [5.74, 6) is 0.00463. The Morgan fingerprint density at radius 2 is 1.67 bits per heavy atom. The zero-order chi connectivity index (χ0) is 7.86. The molecule has 56 valence electrons. The highest BCUT2D eigenvalue weighted by Gasteiger charge is 1.72. The summed E-state index contributed by atoms with van der Waals surface area (Å²) in [5, 5.41) is 2.39. The van der Waals surface area contributed by atoms with Crippen molar-refractivity contribution in [2.75, 3.05) is 7.05 Å². The van der Waals surface area contributed by atoms with Crippen molar-refractivity contribution in [3.8, 4) is 0 Å². The molecule has 3 nitrogen and oxygen atoms in total. The van der Waals surface area contributed by atoms with Gasteiger partial charge in [-0.3, -0.25) is 4.79 Å². The number of nitrogens with two attached hydrogens (primary N) is 1. The molecule has 0 aromatic rings. The Morgan fingerprint density at radius 1 is 1.56 bits per heavy atom. The van der Waals surface area contributed by atoms with Crippen LogP contribution in [0.5, 0.6) is 0 Å². The predicted octanol–water partition coefficient (Wildman–Crippen LogP) is 0.106. The third kappa shape index (κ3) is 107. The van der Waals surface area contributed by atoms with Crippen molar-refractivity contribution in [3.05, 3.63) is 0 Å². The van der Waals surface area contributed by atoms with Gasteiger partial charge in [0.2, 0.25) is 5.91 Å². The van der Waals surface area contributed by atoms with Crippen molar-refractivity contribution < 1.29 is 4.79 Å². The molecule has 9 heavy (non-hydrogen) atoms. The second-order valence-corrected chi connectivity index (χ2v) is 2.05. The number of hydrogen-bond donors (Lipinski definition) is 2. The number of rotatable bonds is 0. The summed E-state index contributed by atoms with van der Waals surface area (Å²) in [7, 11) is 1.60. The van der Waals surface area contributed by atoms with E-state index in [0.717, 1.165) is 0 Å². The SMILES string of the molecule is CC(C)N.CNC(C)=O. The number of amides is 1. The van der Waals surface area contributed by atoms with Crippen LogP contribution < -0.4 is 11.1 Å². The van der Waals surface area contributed by atoms with Gasteiger partial charge in [0, 0.05) is 14.0 Å². The van der Waals surface area contributed by atoms with E-state index >= 15 is 0 Å². The van der Waals surface area contributed by atoms with Crippen molar-refractivity contribution >= 4 is 5.91 Å². The van der Waals surface area contributed by atoms with Crippen LogP contribution >= 0.6 is 0 Å². The lowest BCUT2D eigenvalue weighted by atomic mass is 10.5. The van der Waals surface area contributed by atoms with Crippen LogP contribution in [0.2, 0.25) is 0 Å². The molecule has 0 bridgehead atoms. The van der Waals surface area contributed by atoms with E-state index in [-0.39, 0.29) is 5.91 Å². The van der Waals surface area contributed by atoms with Crippen LogP contribution in [0.15, 0.2) is 0 Å². The fraction of sp³-hybridized carbons (Fsp3) is 0.833. The summed E-state index contributed by atoms with van der Waals surface area (Å²) >= 11 is 0. The summed E-state index contributed by atoms with van der Waals surface area (Å²) < 4.78 is 0. The van der Waals surface area contributed by atoms with Gasteiger partial charge < -0.3 is 11.1 Å². The summed E-state index contributed by atoms with van der Waals surface area (Å²) in [6.07, 6.45) is 0. The Hall–Kier alpha value is -0.570. The number of carbonyl (C=O) groups is 1. The normalized spacial score (nSPS) is 7.78. The molecule has 0 aliphatic rings. The minimum atomic E-state index is 0.00463. The van der Waals surface area contributed by atoms with Crippen LogP contribution in [0, 0.1) is 0 Å². The average Bonchev–Trinajstić information content (AvgIpc) is 1.65. The van der Waals surface area contributed by atoms with E-state index in [9.17, 15) is 4.79 Å². The second-order valence-electron chi connectivity index (χ2n) is 2.05. The van der Waals surface area contributed by atoms with E-state index in [1.165, 1.54) is 6.92 Å². The van der Waals surface area contributed by atoms with Gasteiger partial charge in [-0.25, -0.2) is 0 Å². The third-order valence-electron chi connectivity index (χ3n) is 0.352. The van der Waals surface area contributed by atoms with Crippen LogP contribution in [-0.2, 0) is 4.79 Å². The molecule has 0 spiro atoms. The smallest absolute Gasteiger partial charge is 0.216 e. The van der Waals surface area contributed by atoms with Crippen molar-refractivity contribution in [2.45, 2.75) is 26.8 Å². The predicted molar refractivity (Wildman–Crippen MR) is 39.1 cm³/mol. The van der Waals surface area contributed by atoms with Gasteiger partial charge in [0.05, 0.1) is 0 Å². The van der Waals surface area contributed by atoms with Crippen molar-refractivity contribution in [3.63, 3.8) is 0 Å². The number of hydrogen-bond acceptors (Lipinski definition) is 2. The van der Waals surface area contributed by atoms with Crippen molar-refractivity contribution in [2.24, 2.45) is 5.73 Å². The maximum Gasteiger partial charge on any atom is 0.216 e. The van der Waals surface area contributed by atoms with Gasteiger partial charge in [0.1, 0.15) is 0 Å². The highest BCUT2D eigenvalue weighted by Crippen LogP contribution is 1.58. The van der Waals surface area contributed by atoms with Gasteiger partial charge in [-0.05, 0) is 6.04 Å². The second kappa shape index (κ2) is 7.43. The zero-order valence-corrected chi connectivity index (χ0v) is 6.56. The molecule has 3 N–H and O–H groups in total. The fourth-order valence-electron chi connectivity index (χ4n) is 0. The van der Waals surface area contributed by atoms with E-state index in [1.807, 2.05) is 13.8 Å². The van der Waals surface area contributed by atoms with Crippen LogP contribution in [0.1, 0.15) is 20.8 Å². The molecule has 0 atom stereocenters. The Balaban J connectivity index is 0. The molecule has 0 aliphatic carbocycles. The maximum absolute atomic E-state index is 9.70. The number of nitrogens with one attached hydrogen (secondary N) is 1. The standard InChI is InChI=1S/C3H7NO.C3H9N/c1-3(5)4-2;1-3(2)4/h1-2H3,(H,4,5);3H,4H2,1-2H3. The first-order valence-corrected chi connectivity index (χ1v) is 2.94. The first-order valence-electron chi connectivity index (χ1n) is 2.94. The van der Waals surface area contributed by atoms with Gasteiger partial charge in [0.15, 0.2) is 0 Å². The Labute approximate surface area is 56.6 Å². The molecular weight excluding hydrogens is 116 g/mol. The van der Waals surface area contributed by atoms with Gasteiger partial charge >= 0.3 is 0 Å². The Kier molecular flexibility index (Phi) is 9.29. The highest BCUT2D eigenvalue weighted by molar-refractivity contribution is 5.72. The average molecular weight is 132 g/mol. The molecule has 0 aromatic heterocycles. The topological polar surface area (TPSA) is 55.1 Å². The molecule has 0 saturated heterocycles. The molecule has 1 amide bonds. The molecule has 0 rings (SSSR count). The third-order valence-corrected chi connectivity index (χ3v) is 0.352. The van der Waals surface area contributed by atoms with Gasteiger partial charge in [-0.1, -0.05) is 13.8 Å². The first kappa shape index (κ1) is 11.3. The van der Waals surface area contributed by atoms with Crippen LogP contribution in [-0.4, -0.2) is 19.0 Å². The molecule has 0 unspecified atom stereocenters. The lowest BCUT2D eigenvalue weighted by molar-refractivity contribution is -0.118.